The molecule has 2 aromatic rings. The first-order chi connectivity index (χ1) is 10.1. The number of imidazole rings is 1. The van der Waals surface area contributed by atoms with Gasteiger partial charge in [0, 0.05) is 44.2 Å². The summed E-state index contributed by atoms with van der Waals surface area (Å²) in [5.74, 6) is 0.623. The normalized spacial score (nSPS) is 10.5. The molecule has 0 aliphatic carbocycles. The van der Waals surface area contributed by atoms with E-state index in [1.165, 1.54) is 13.2 Å². The molecular weight excluding hydrogens is 274 g/mol. The number of hydrogen-bond donors (Lipinski definition) is 3. The SMILES string of the molecule is Cn1c(=O)[nH]cc(CC(=O)NCCCc2ncc[nH]2)c1=O. The van der Waals surface area contributed by atoms with Gasteiger partial charge in [-0.05, 0) is 6.42 Å². The molecule has 3 N–H and O–H groups in total. The smallest absolute Gasteiger partial charge is 0.328 e. The van der Waals surface area contributed by atoms with Crippen molar-refractivity contribution in [1.29, 1.82) is 0 Å². The van der Waals surface area contributed by atoms with Crippen LogP contribution in [0.5, 0.6) is 0 Å². The van der Waals surface area contributed by atoms with Crippen molar-refractivity contribution in [3.05, 3.63) is 50.8 Å². The highest BCUT2D eigenvalue weighted by molar-refractivity contribution is 5.78. The van der Waals surface area contributed by atoms with Gasteiger partial charge in [0.15, 0.2) is 0 Å². The Kier molecular flexibility index (Phi) is 4.70. The van der Waals surface area contributed by atoms with E-state index in [-0.39, 0.29) is 17.9 Å². The molecule has 0 saturated carbocycles. The summed E-state index contributed by atoms with van der Waals surface area (Å²) >= 11 is 0. The van der Waals surface area contributed by atoms with Crippen LogP contribution in [0.25, 0.3) is 0 Å². The fourth-order valence-corrected chi connectivity index (χ4v) is 1.90. The molecule has 112 valence electrons. The summed E-state index contributed by atoms with van der Waals surface area (Å²) in [5, 5.41) is 2.73. The summed E-state index contributed by atoms with van der Waals surface area (Å²) in [7, 11) is 1.37. The fourth-order valence-electron chi connectivity index (χ4n) is 1.90. The van der Waals surface area contributed by atoms with Crippen LogP contribution in [0.4, 0.5) is 0 Å². The van der Waals surface area contributed by atoms with Crippen molar-refractivity contribution in [2.24, 2.45) is 7.05 Å². The highest BCUT2D eigenvalue weighted by Crippen LogP contribution is 1.94. The molecule has 0 aliphatic rings. The summed E-state index contributed by atoms with van der Waals surface area (Å²) in [4.78, 5) is 44.2. The summed E-state index contributed by atoms with van der Waals surface area (Å²) in [6.45, 7) is 0.503. The van der Waals surface area contributed by atoms with Gasteiger partial charge in [0.25, 0.3) is 5.56 Å². The predicted molar refractivity (Wildman–Crippen MR) is 75.9 cm³/mol. The van der Waals surface area contributed by atoms with Crippen LogP contribution in [-0.2, 0) is 24.7 Å². The topological polar surface area (TPSA) is 113 Å². The number of rotatable bonds is 6. The molecule has 8 nitrogen and oxygen atoms in total. The Bertz CT molecular complexity index is 714. The second-order valence-corrected chi connectivity index (χ2v) is 4.65. The molecule has 8 heteroatoms. The Hall–Kier alpha value is -2.64. The Morgan fingerprint density at radius 3 is 2.90 bits per heavy atom. The summed E-state index contributed by atoms with van der Waals surface area (Å²) in [6.07, 6.45) is 6.16. The monoisotopic (exact) mass is 291 g/mol. The molecule has 0 atom stereocenters. The van der Waals surface area contributed by atoms with Crippen molar-refractivity contribution < 1.29 is 4.79 Å². The first kappa shape index (κ1) is 14.8. The number of carbonyl (C=O) groups excluding carboxylic acids is 1. The lowest BCUT2D eigenvalue weighted by atomic mass is 10.2. The van der Waals surface area contributed by atoms with E-state index in [4.69, 9.17) is 0 Å². The van der Waals surface area contributed by atoms with Crippen LogP contribution in [-0.4, -0.2) is 32.0 Å². The van der Waals surface area contributed by atoms with Gasteiger partial charge in [-0.3, -0.25) is 14.2 Å². The third-order valence-electron chi connectivity index (χ3n) is 3.07. The van der Waals surface area contributed by atoms with E-state index in [0.717, 1.165) is 23.2 Å². The molecular formula is C13H17N5O3. The quantitative estimate of drug-likeness (QED) is 0.598. The Labute approximate surface area is 120 Å². The van der Waals surface area contributed by atoms with E-state index in [1.54, 1.807) is 12.4 Å². The molecule has 0 aromatic carbocycles. The van der Waals surface area contributed by atoms with Gasteiger partial charge in [0.05, 0.1) is 6.42 Å². The van der Waals surface area contributed by atoms with E-state index in [0.29, 0.717) is 6.54 Å². The van der Waals surface area contributed by atoms with E-state index in [2.05, 4.69) is 20.3 Å². The zero-order chi connectivity index (χ0) is 15.2. The Morgan fingerprint density at radius 2 is 2.19 bits per heavy atom. The molecule has 0 saturated heterocycles. The van der Waals surface area contributed by atoms with Crippen LogP contribution in [0.15, 0.2) is 28.2 Å². The minimum atomic E-state index is -0.498. The van der Waals surface area contributed by atoms with Crippen molar-refractivity contribution in [2.75, 3.05) is 6.54 Å². The zero-order valence-corrected chi connectivity index (χ0v) is 11.7. The highest BCUT2D eigenvalue weighted by atomic mass is 16.2. The van der Waals surface area contributed by atoms with Crippen LogP contribution in [0, 0.1) is 0 Å². The number of carbonyl (C=O) groups is 1. The van der Waals surface area contributed by atoms with Gasteiger partial charge < -0.3 is 15.3 Å². The average molecular weight is 291 g/mol. The molecule has 0 bridgehead atoms. The van der Waals surface area contributed by atoms with Crippen molar-refractivity contribution in [3.8, 4) is 0 Å². The van der Waals surface area contributed by atoms with Gasteiger partial charge in [0.1, 0.15) is 5.82 Å². The number of nitrogens with one attached hydrogen (secondary N) is 3. The van der Waals surface area contributed by atoms with E-state index >= 15 is 0 Å². The van der Waals surface area contributed by atoms with Gasteiger partial charge >= 0.3 is 5.69 Å². The largest absolute Gasteiger partial charge is 0.356 e. The molecule has 2 aromatic heterocycles. The lowest BCUT2D eigenvalue weighted by Gasteiger charge is -2.05. The first-order valence-electron chi connectivity index (χ1n) is 6.60. The maximum Gasteiger partial charge on any atom is 0.328 e. The van der Waals surface area contributed by atoms with Gasteiger partial charge in [-0.15, -0.1) is 0 Å². The maximum atomic E-state index is 11.8. The molecule has 0 aliphatic heterocycles. The number of aromatic amines is 2. The van der Waals surface area contributed by atoms with Crippen LogP contribution in [0.1, 0.15) is 17.8 Å². The third kappa shape index (κ3) is 3.91. The minimum Gasteiger partial charge on any atom is -0.356 e. The second kappa shape index (κ2) is 6.69. The predicted octanol–water partition coefficient (Wildman–Crippen LogP) is -0.912. The lowest BCUT2D eigenvalue weighted by molar-refractivity contribution is -0.120. The summed E-state index contributed by atoms with van der Waals surface area (Å²) < 4.78 is 0.944. The van der Waals surface area contributed by atoms with Gasteiger partial charge in [-0.2, -0.15) is 0 Å². The molecule has 1 amide bonds. The molecule has 2 heterocycles. The first-order valence-corrected chi connectivity index (χ1v) is 6.60. The van der Waals surface area contributed by atoms with E-state index < -0.39 is 11.2 Å². The Balaban J connectivity index is 1.81. The van der Waals surface area contributed by atoms with Crippen LogP contribution >= 0.6 is 0 Å². The third-order valence-corrected chi connectivity index (χ3v) is 3.07. The second-order valence-electron chi connectivity index (χ2n) is 4.65. The standard InChI is InChI=1S/C13H17N5O3/c1-18-12(20)9(8-17-13(18)21)7-11(19)16-4-2-3-10-14-5-6-15-10/h5-6,8H,2-4,7H2,1H3,(H,14,15)(H,16,19)(H,17,21). The Morgan fingerprint density at radius 1 is 1.38 bits per heavy atom. The molecule has 2 rings (SSSR count). The zero-order valence-electron chi connectivity index (χ0n) is 11.7. The van der Waals surface area contributed by atoms with Gasteiger partial charge in [-0.25, -0.2) is 9.78 Å². The fraction of sp³-hybridized carbons (Fsp3) is 0.385. The van der Waals surface area contributed by atoms with Crippen LogP contribution < -0.4 is 16.6 Å². The minimum absolute atomic E-state index is 0.0514. The van der Waals surface area contributed by atoms with Gasteiger partial charge in [-0.1, -0.05) is 0 Å². The highest BCUT2D eigenvalue weighted by Gasteiger charge is 2.09. The van der Waals surface area contributed by atoms with E-state index in [1.807, 2.05) is 0 Å². The molecule has 0 unspecified atom stereocenters. The molecule has 21 heavy (non-hydrogen) atoms. The summed E-state index contributed by atoms with van der Waals surface area (Å²) in [5.41, 5.74) is -0.687. The number of hydrogen-bond acceptors (Lipinski definition) is 4. The average Bonchev–Trinajstić information content (AvgIpc) is 2.98. The lowest BCUT2D eigenvalue weighted by Crippen LogP contribution is -2.36. The van der Waals surface area contributed by atoms with Crippen molar-refractivity contribution >= 4 is 5.91 Å². The number of aryl methyl sites for hydroxylation is 1. The molecule has 0 radical (unpaired) electrons. The maximum absolute atomic E-state index is 11.8. The number of amides is 1. The van der Waals surface area contributed by atoms with E-state index in [9.17, 15) is 14.4 Å². The van der Waals surface area contributed by atoms with Crippen molar-refractivity contribution in [2.45, 2.75) is 19.3 Å². The molecule has 0 fully saturated rings. The number of aromatic nitrogens is 4. The number of nitrogens with zero attached hydrogens (tertiary/aromatic N) is 2. The van der Waals surface area contributed by atoms with Crippen LogP contribution in [0.3, 0.4) is 0 Å². The van der Waals surface area contributed by atoms with Crippen LogP contribution in [0.2, 0.25) is 0 Å². The van der Waals surface area contributed by atoms with Gasteiger partial charge in [0.2, 0.25) is 5.91 Å². The van der Waals surface area contributed by atoms with Crippen molar-refractivity contribution in [1.82, 2.24) is 24.8 Å². The summed E-state index contributed by atoms with van der Waals surface area (Å²) in [6, 6.07) is 0. The molecule has 0 spiro atoms. The number of H-pyrrole nitrogens is 2. The van der Waals surface area contributed by atoms with Crippen molar-refractivity contribution in [3.63, 3.8) is 0 Å².